The minimum Gasteiger partial charge on any atom is -0.361 e. The summed E-state index contributed by atoms with van der Waals surface area (Å²) in [4.78, 5) is 0. The second-order valence-electron chi connectivity index (χ2n) is 1.22. The van der Waals surface area contributed by atoms with E-state index in [1.54, 1.807) is 0 Å². The van der Waals surface area contributed by atoms with Crippen molar-refractivity contribution in [2.75, 3.05) is 0 Å². The first-order valence-electron chi connectivity index (χ1n) is 1.82. The van der Waals surface area contributed by atoms with E-state index in [1.807, 2.05) is 0 Å². The Morgan fingerprint density at radius 3 is 1.78 bits per heavy atom. The Morgan fingerprint density at radius 1 is 1.22 bits per heavy atom. The summed E-state index contributed by atoms with van der Waals surface area (Å²) < 4.78 is 51.2. The zero-order valence-corrected chi connectivity index (χ0v) is 3.83. The van der Waals surface area contributed by atoms with Crippen LogP contribution < -0.4 is 0 Å². The molecule has 6 heteroatoms. The average molecular weight is 144 g/mol. The lowest BCUT2D eigenvalue weighted by atomic mass is 10.8. The minimum atomic E-state index is -3.86. The van der Waals surface area contributed by atoms with Gasteiger partial charge in [-0.25, -0.2) is 0 Å². The van der Waals surface area contributed by atoms with Gasteiger partial charge in [-0.05, 0) is 0 Å². The largest absolute Gasteiger partial charge is 0.590 e. The van der Waals surface area contributed by atoms with Gasteiger partial charge in [0.25, 0.3) is 0 Å². The van der Waals surface area contributed by atoms with E-state index in [-0.39, 0.29) is 0 Å². The zero-order chi connectivity index (χ0) is 7.07. The second kappa shape index (κ2) is 1.52. The van der Waals surface area contributed by atoms with Gasteiger partial charge in [-0.2, -0.15) is 8.78 Å². The highest BCUT2D eigenvalue weighted by atomic mass is 19.3. The van der Waals surface area contributed by atoms with Crippen LogP contribution in [0.1, 0.15) is 0 Å². The molecule has 1 saturated heterocycles. The van der Waals surface area contributed by atoms with Crippen molar-refractivity contribution < 1.29 is 27.0 Å². The highest BCUT2D eigenvalue weighted by Crippen LogP contribution is 2.36. The summed E-state index contributed by atoms with van der Waals surface area (Å²) in [5.41, 5.74) is 0. The number of halogens is 4. The first-order valence-corrected chi connectivity index (χ1v) is 1.82. The van der Waals surface area contributed by atoms with Gasteiger partial charge in [-0.3, -0.25) is 0 Å². The molecule has 0 atom stereocenters. The third-order valence-corrected chi connectivity index (χ3v) is 0.577. The van der Waals surface area contributed by atoms with Crippen LogP contribution in [0, 0.1) is 0 Å². The highest BCUT2D eigenvalue weighted by molar-refractivity contribution is 4.89. The average Bonchev–Trinajstić information content (AvgIpc) is 1.59. The molecule has 0 bridgehead atoms. The highest BCUT2D eigenvalue weighted by Gasteiger charge is 2.50. The fourth-order valence-corrected chi connectivity index (χ4v) is 0.301. The van der Waals surface area contributed by atoms with Crippen molar-refractivity contribution in [3.05, 3.63) is 12.0 Å². The molecule has 0 aromatic rings. The third kappa shape index (κ3) is 1.06. The first kappa shape index (κ1) is 6.18. The van der Waals surface area contributed by atoms with Crippen molar-refractivity contribution in [3.8, 4) is 0 Å². The van der Waals surface area contributed by atoms with Crippen LogP contribution >= 0.6 is 0 Å². The van der Waals surface area contributed by atoms with E-state index in [9.17, 15) is 17.6 Å². The van der Waals surface area contributed by atoms with E-state index in [0.717, 1.165) is 0 Å². The summed E-state index contributed by atoms with van der Waals surface area (Å²) in [6, 6.07) is 0. The van der Waals surface area contributed by atoms with Gasteiger partial charge in [-0.15, -0.1) is 8.78 Å². The van der Waals surface area contributed by atoms with Crippen LogP contribution in [0.5, 0.6) is 0 Å². The van der Waals surface area contributed by atoms with Gasteiger partial charge < -0.3 is 9.47 Å². The molecule has 2 nitrogen and oxygen atoms in total. The molecule has 0 aromatic heterocycles. The number of ether oxygens (including phenoxy) is 2. The van der Waals surface area contributed by atoms with Gasteiger partial charge in [0.1, 0.15) is 0 Å². The summed E-state index contributed by atoms with van der Waals surface area (Å²) in [6.45, 7) is 0. The Hall–Kier alpha value is -0.940. The van der Waals surface area contributed by atoms with Crippen molar-refractivity contribution in [1.82, 2.24) is 0 Å². The molecule has 1 heterocycles. The fourth-order valence-electron chi connectivity index (χ4n) is 0.301. The van der Waals surface area contributed by atoms with E-state index < -0.39 is 18.3 Å². The summed E-state index contributed by atoms with van der Waals surface area (Å²) >= 11 is 0. The molecule has 1 aliphatic rings. The lowest BCUT2D eigenvalue weighted by Gasteiger charge is -2.26. The lowest BCUT2D eigenvalue weighted by Crippen LogP contribution is -2.36. The topological polar surface area (TPSA) is 18.5 Å². The predicted molar refractivity (Wildman–Crippen MR) is 16.4 cm³/mol. The smallest absolute Gasteiger partial charge is 0.361 e. The molecule has 9 heavy (non-hydrogen) atoms. The van der Waals surface area contributed by atoms with Crippen LogP contribution in [0.2, 0.25) is 0 Å². The van der Waals surface area contributed by atoms with Crippen LogP contribution in [0.15, 0.2) is 12.0 Å². The van der Waals surface area contributed by atoms with Crippen LogP contribution in [0.4, 0.5) is 17.6 Å². The molecule has 0 saturated carbocycles. The first-order chi connectivity index (χ1) is 4.01. The van der Waals surface area contributed by atoms with Crippen LogP contribution in [-0.2, 0) is 9.47 Å². The summed E-state index contributed by atoms with van der Waals surface area (Å²) in [7, 11) is 0. The van der Waals surface area contributed by atoms with E-state index in [2.05, 4.69) is 9.47 Å². The Labute approximate surface area is 46.7 Å². The molecule has 1 rings (SSSR count). The zero-order valence-electron chi connectivity index (χ0n) is 3.83. The van der Waals surface area contributed by atoms with Crippen LogP contribution in [0.25, 0.3) is 0 Å². The monoisotopic (exact) mass is 144 g/mol. The maximum absolute atomic E-state index is 11.3. The second-order valence-corrected chi connectivity index (χ2v) is 1.22. The molecule has 0 N–H and O–H groups in total. The summed E-state index contributed by atoms with van der Waals surface area (Å²) in [5, 5.41) is 0. The van der Waals surface area contributed by atoms with Crippen molar-refractivity contribution >= 4 is 0 Å². The quantitative estimate of drug-likeness (QED) is 0.481. The number of alkyl halides is 2. The number of rotatable bonds is 0. The van der Waals surface area contributed by atoms with E-state index in [4.69, 9.17) is 0 Å². The molecule has 0 spiro atoms. The molecular formula is C3F4O2. The van der Waals surface area contributed by atoms with Crippen molar-refractivity contribution in [3.63, 3.8) is 0 Å². The van der Waals surface area contributed by atoms with Crippen molar-refractivity contribution in [1.29, 1.82) is 0 Å². The maximum atomic E-state index is 11.3. The SMILES string of the molecule is FC(F)=C1OC(F)(F)O1. The molecule has 0 radical (unpaired) electrons. The van der Waals surface area contributed by atoms with Gasteiger partial charge in [0.05, 0.1) is 0 Å². The third-order valence-electron chi connectivity index (χ3n) is 0.577. The maximum Gasteiger partial charge on any atom is 0.590 e. The molecule has 0 amide bonds. The Balaban J connectivity index is 2.54. The van der Waals surface area contributed by atoms with Crippen LogP contribution in [-0.4, -0.2) is 6.29 Å². The summed E-state index contributed by atoms with van der Waals surface area (Å²) in [5.74, 6) is -1.40. The molecule has 1 fully saturated rings. The number of hydrogen-bond acceptors (Lipinski definition) is 2. The Morgan fingerprint density at radius 2 is 1.67 bits per heavy atom. The van der Waals surface area contributed by atoms with Gasteiger partial charge in [0.2, 0.25) is 0 Å². The lowest BCUT2D eigenvalue weighted by molar-refractivity contribution is -0.471. The Bertz CT molecular complexity index is 149. The van der Waals surface area contributed by atoms with Gasteiger partial charge in [0.15, 0.2) is 0 Å². The predicted octanol–water partition coefficient (Wildman–Crippen LogP) is 1.65. The van der Waals surface area contributed by atoms with E-state index >= 15 is 0 Å². The Kier molecular flexibility index (Phi) is 1.04. The minimum absolute atomic E-state index is 1.40. The van der Waals surface area contributed by atoms with E-state index in [0.29, 0.717) is 0 Å². The van der Waals surface area contributed by atoms with Crippen LogP contribution in [0.3, 0.4) is 0 Å². The van der Waals surface area contributed by atoms with Crippen molar-refractivity contribution in [2.24, 2.45) is 0 Å². The van der Waals surface area contributed by atoms with Crippen molar-refractivity contribution in [2.45, 2.75) is 6.29 Å². The molecule has 52 valence electrons. The molecule has 0 unspecified atom stereocenters. The van der Waals surface area contributed by atoms with Gasteiger partial charge in [0, 0.05) is 0 Å². The molecular weight excluding hydrogens is 144 g/mol. The van der Waals surface area contributed by atoms with Gasteiger partial charge >= 0.3 is 18.3 Å². The molecule has 0 aromatic carbocycles. The number of hydrogen-bond donors (Lipinski definition) is 0. The van der Waals surface area contributed by atoms with E-state index in [1.165, 1.54) is 0 Å². The molecule has 1 aliphatic heterocycles. The standard InChI is InChI=1S/C3F4O2/c4-1(5)2-8-3(6,7)9-2. The fraction of sp³-hybridized carbons (Fsp3) is 0.333. The van der Waals surface area contributed by atoms with Gasteiger partial charge in [-0.1, -0.05) is 0 Å². The molecule has 0 aliphatic carbocycles. The normalized spacial score (nSPS) is 21.6. The summed E-state index contributed by atoms with van der Waals surface area (Å²) in [6.07, 6.45) is -6.25.